The van der Waals surface area contributed by atoms with Crippen LogP contribution in [0.2, 0.25) is 0 Å². The summed E-state index contributed by atoms with van der Waals surface area (Å²) in [6.07, 6.45) is 9.33. The molecule has 0 spiro atoms. The average Bonchev–Trinajstić information content (AvgIpc) is 2.68. The zero-order valence-corrected chi connectivity index (χ0v) is 11.0. The molecule has 4 nitrogen and oxygen atoms in total. The molecule has 1 unspecified atom stereocenters. The molecule has 4 heteroatoms. The lowest BCUT2D eigenvalue weighted by molar-refractivity contribution is 0.475. The summed E-state index contributed by atoms with van der Waals surface area (Å²) in [5.74, 6) is 3.17. The highest BCUT2D eigenvalue weighted by Crippen LogP contribution is 2.06. The number of rotatable bonds is 4. The summed E-state index contributed by atoms with van der Waals surface area (Å²) in [6, 6.07) is 2.04. The smallest absolute Gasteiger partial charge is 0.155 e. The Bertz CT molecular complexity index is 577. The van der Waals surface area contributed by atoms with E-state index >= 15 is 0 Å². The number of nitrogens with zero attached hydrogens (tertiary/aromatic N) is 3. The van der Waals surface area contributed by atoms with Crippen LogP contribution < -0.4 is 5.32 Å². The van der Waals surface area contributed by atoms with Crippen molar-refractivity contribution in [2.75, 3.05) is 0 Å². The van der Waals surface area contributed by atoms with E-state index in [2.05, 4.69) is 35.2 Å². The molecule has 94 valence electrons. The first kappa shape index (κ1) is 12.6. The lowest BCUT2D eigenvalue weighted by Gasteiger charge is -2.16. The molecule has 0 radical (unpaired) electrons. The van der Waals surface area contributed by atoms with E-state index in [0.29, 0.717) is 12.5 Å². The maximum absolute atomic E-state index is 5.49. The standard InChI is InChI=1S/C14H18N4/c1-5-13(10(2)3)15-7-12-8-16-14-6-11(4)17-18(14)9-12/h1,6,8-10,13,15H,7H2,2-4H3. The number of hydrogen-bond donors (Lipinski definition) is 1. The maximum Gasteiger partial charge on any atom is 0.155 e. The summed E-state index contributed by atoms with van der Waals surface area (Å²) in [7, 11) is 0. The molecule has 1 N–H and O–H groups in total. The van der Waals surface area contributed by atoms with E-state index in [1.165, 1.54) is 0 Å². The van der Waals surface area contributed by atoms with Crippen LogP contribution in [-0.2, 0) is 6.54 Å². The molecule has 0 saturated heterocycles. The van der Waals surface area contributed by atoms with Gasteiger partial charge in [-0.3, -0.25) is 5.32 Å². The molecule has 18 heavy (non-hydrogen) atoms. The van der Waals surface area contributed by atoms with Crippen molar-refractivity contribution < 1.29 is 0 Å². The van der Waals surface area contributed by atoms with Gasteiger partial charge in [0.05, 0.1) is 11.7 Å². The van der Waals surface area contributed by atoms with Gasteiger partial charge in [-0.1, -0.05) is 19.8 Å². The van der Waals surface area contributed by atoms with Crippen LogP contribution >= 0.6 is 0 Å². The normalized spacial score (nSPS) is 12.8. The van der Waals surface area contributed by atoms with Crippen LogP contribution in [-0.4, -0.2) is 20.6 Å². The van der Waals surface area contributed by atoms with Crippen molar-refractivity contribution in [1.29, 1.82) is 0 Å². The third-order valence-electron chi connectivity index (χ3n) is 2.86. The molecule has 0 bridgehead atoms. The molecule has 2 aromatic rings. The Morgan fingerprint density at radius 2 is 2.28 bits per heavy atom. The van der Waals surface area contributed by atoms with Gasteiger partial charge in [0.25, 0.3) is 0 Å². The molecule has 0 aliphatic rings. The van der Waals surface area contributed by atoms with Crippen LogP contribution in [0.25, 0.3) is 5.65 Å². The summed E-state index contributed by atoms with van der Waals surface area (Å²) < 4.78 is 1.80. The van der Waals surface area contributed by atoms with Gasteiger partial charge in [-0.2, -0.15) is 5.10 Å². The van der Waals surface area contributed by atoms with Crippen LogP contribution in [0.4, 0.5) is 0 Å². The van der Waals surface area contributed by atoms with Gasteiger partial charge in [0.15, 0.2) is 5.65 Å². The highest BCUT2D eigenvalue weighted by Gasteiger charge is 2.09. The largest absolute Gasteiger partial charge is 0.299 e. The summed E-state index contributed by atoms with van der Waals surface area (Å²) in [5, 5.41) is 7.68. The van der Waals surface area contributed by atoms with Crippen LogP contribution in [0.3, 0.4) is 0 Å². The van der Waals surface area contributed by atoms with Gasteiger partial charge in [-0.15, -0.1) is 6.42 Å². The molecule has 0 aliphatic heterocycles. The van der Waals surface area contributed by atoms with E-state index in [9.17, 15) is 0 Å². The molecular weight excluding hydrogens is 224 g/mol. The molecule has 2 aromatic heterocycles. The van der Waals surface area contributed by atoms with Crippen molar-refractivity contribution in [2.24, 2.45) is 5.92 Å². The predicted molar refractivity (Wildman–Crippen MR) is 72.0 cm³/mol. The van der Waals surface area contributed by atoms with Crippen molar-refractivity contribution in [3.05, 3.63) is 29.7 Å². The number of aromatic nitrogens is 3. The molecule has 2 heterocycles. The number of nitrogens with one attached hydrogen (secondary N) is 1. The first-order chi connectivity index (χ1) is 8.60. The van der Waals surface area contributed by atoms with Crippen molar-refractivity contribution in [1.82, 2.24) is 19.9 Å². The lowest BCUT2D eigenvalue weighted by Crippen LogP contribution is -2.31. The summed E-state index contributed by atoms with van der Waals surface area (Å²) in [6.45, 7) is 6.88. The zero-order chi connectivity index (χ0) is 13.1. The van der Waals surface area contributed by atoms with Crippen LogP contribution in [0.15, 0.2) is 18.5 Å². The third kappa shape index (κ3) is 2.69. The number of terminal acetylenes is 1. The van der Waals surface area contributed by atoms with Crippen molar-refractivity contribution in [3.8, 4) is 12.3 Å². The Morgan fingerprint density at radius 3 is 2.94 bits per heavy atom. The van der Waals surface area contributed by atoms with E-state index in [-0.39, 0.29) is 6.04 Å². The van der Waals surface area contributed by atoms with Gasteiger partial charge < -0.3 is 0 Å². The Hall–Kier alpha value is -1.86. The van der Waals surface area contributed by atoms with Gasteiger partial charge in [-0.05, 0) is 12.8 Å². The van der Waals surface area contributed by atoms with Crippen LogP contribution in [0, 0.1) is 25.2 Å². The fraction of sp³-hybridized carbons (Fsp3) is 0.429. The van der Waals surface area contributed by atoms with Crippen LogP contribution in [0.1, 0.15) is 25.1 Å². The molecule has 1 atom stereocenters. The first-order valence-corrected chi connectivity index (χ1v) is 6.10. The van der Waals surface area contributed by atoms with E-state index in [1.54, 1.807) is 4.52 Å². The fourth-order valence-electron chi connectivity index (χ4n) is 1.84. The van der Waals surface area contributed by atoms with Gasteiger partial charge in [0.2, 0.25) is 0 Å². The molecule has 0 amide bonds. The van der Waals surface area contributed by atoms with E-state index in [1.807, 2.05) is 25.4 Å². The maximum atomic E-state index is 5.49. The number of fused-ring (bicyclic) bond motifs is 1. The zero-order valence-electron chi connectivity index (χ0n) is 11.0. The average molecular weight is 242 g/mol. The topological polar surface area (TPSA) is 42.2 Å². The fourth-order valence-corrected chi connectivity index (χ4v) is 1.84. The Morgan fingerprint density at radius 1 is 1.50 bits per heavy atom. The highest BCUT2D eigenvalue weighted by atomic mass is 15.2. The molecule has 0 aliphatic carbocycles. The monoisotopic (exact) mass is 242 g/mol. The van der Waals surface area contributed by atoms with E-state index in [0.717, 1.165) is 16.9 Å². The van der Waals surface area contributed by atoms with Crippen molar-refractivity contribution in [2.45, 2.75) is 33.4 Å². The number of aryl methyl sites for hydroxylation is 1. The molecule has 0 fully saturated rings. The third-order valence-corrected chi connectivity index (χ3v) is 2.86. The van der Waals surface area contributed by atoms with E-state index in [4.69, 9.17) is 6.42 Å². The SMILES string of the molecule is C#CC(NCc1cnc2cc(C)nn2c1)C(C)C. The second kappa shape index (κ2) is 5.19. The second-order valence-corrected chi connectivity index (χ2v) is 4.82. The molecular formula is C14H18N4. The summed E-state index contributed by atoms with van der Waals surface area (Å²) in [4.78, 5) is 4.36. The second-order valence-electron chi connectivity index (χ2n) is 4.82. The van der Waals surface area contributed by atoms with Gasteiger partial charge in [0, 0.05) is 30.6 Å². The minimum Gasteiger partial charge on any atom is -0.299 e. The number of hydrogen-bond acceptors (Lipinski definition) is 3. The minimum absolute atomic E-state index is 0.0834. The quantitative estimate of drug-likeness (QED) is 0.831. The summed E-state index contributed by atoms with van der Waals surface area (Å²) in [5.41, 5.74) is 2.91. The minimum atomic E-state index is 0.0834. The van der Waals surface area contributed by atoms with Crippen LogP contribution in [0.5, 0.6) is 0 Å². The van der Waals surface area contributed by atoms with Crippen molar-refractivity contribution >= 4 is 5.65 Å². The molecule has 2 rings (SSSR count). The van der Waals surface area contributed by atoms with Gasteiger partial charge in [0.1, 0.15) is 0 Å². The first-order valence-electron chi connectivity index (χ1n) is 6.10. The Balaban J connectivity index is 2.10. The highest BCUT2D eigenvalue weighted by molar-refractivity contribution is 5.38. The lowest BCUT2D eigenvalue weighted by atomic mass is 10.1. The van der Waals surface area contributed by atoms with Gasteiger partial charge >= 0.3 is 0 Å². The molecule has 0 saturated carbocycles. The summed E-state index contributed by atoms with van der Waals surface area (Å²) >= 11 is 0. The predicted octanol–water partition coefficient (Wildman–Crippen LogP) is 1.79. The van der Waals surface area contributed by atoms with E-state index < -0.39 is 0 Å². The van der Waals surface area contributed by atoms with Gasteiger partial charge in [-0.25, -0.2) is 9.50 Å². The van der Waals surface area contributed by atoms with Crippen molar-refractivity contribution in [3.63, 3.8) is 0 Å². The Kier molecular flexibility index (Phi) is 3.63. The molecule has 0 aromatic carbocycles. The Labute approximate surface area is 107 Å².